The molecule has 1 N–H and O–H groups in total. The van der Waals surface area contributed by atoms with Crippen LogP contribution in [-0.4, -0.2) is 45.3 Å². The number of methoxy groups -OCH3 is 1. The van der Waals surface area contributed by atoms with E-state index in [9.17, 15) is 0 Å². The van der Waals surface area contributed by atoms with Gasteiger partial charge in [-0.15, -0.1) is 0 Å². The van der Waals surface area contributed by atoms with Crippen molar-refractivity contribution in [3.8, 4) is 17.2 Å². The van der Waals surface area contributed by atoms with Gasteiger partial charge < -0.3 is 24.3 Å². The Morgan fingerprint density at radius 1 is 1.28 bits per heavy atom. The Hall–Kier alpha value is -3.29. The van der Waals surface area contributed by atoms with Crippen LogP contribution in [0.4, 0.5) is 17.5 Å². The highest BCUT2D eigenvalue weighted by Crippen LogP contribution is 2.42. The van der Waals surface area contributed by atoms with E-state index >= 15 is 0 Å². The fraction of sp³-hybridized carbons (Fsp3) is 0.381. The average molecular weight is 392 g/mol. The van der Waals surface area contributed by atoms with Gasteiger partial charge in [-0.05, 0) is 38.8 Å². The smallest absolute Gasteiger partial charge is 0.229 e. The molecule has 0 radical (unpaired) electrons. The lowest BCUT2D eigenvalue weighted by Crippen LogP contribution is -2.49. The van der Waals surface area contributed by atoms with Gasteiger partial charge in [0.1, 0.15) is 12.4 Å². The van der Waals surface area contributed by atoms with Crippen LogP contribution in [0.15, 0.2) is 36.9 Å². The predicted octanol–water partition coefficient (Wildman–Crippen LogP) is 3.47. The minimum Gasteiger partial charge on any atom is -0.494 e. The highest BCUT2D eigenvalue weighted by atomic mass is 16.5. The van der Waals surface area contributed by atoms with Crippen molar-refractivity contribution < 1.29 is 9.47 Å². The molecule has 0 unspecified atom stereocenters. The minimum absolute atomic E-state index is 0.0203. The normalized spacial score (nSPS) is 20.0. The molecule has 1 fully saturated rings. The Kier molecular flexibility index (Phi) is 4.08. The summed E-state index contributed by atoms with van der Waals surface area (Å²) in [6.45, 7) is 5.87. The molecule has 0 aliphatic carbocycles. The fourth-order valence-corrected chi connectivity index (χ4v) is 4.14. The maximum absolute atomic E-state index is 5.93. The maximum atomic E-state index is 5.93. The first-order valence-electron chi connectivity index (χ1n) is 9.79. The van der Waals surface area contributed by atoms with Crippen molar-refractivity contribution >= 4 is 17.5 Å². The van der Waals surface area contributed by atoms with Crippen LogP contribution in [0.3, 0.4) is 0 Å². The summed E-state index contributed by atoms with van der Waals surface area (Å²) >= 11 is 0. The monoisotopic (exact) mass is 392 g/mol. The van der Waals surface area contributed by atoms with Gasteiger partial charge >= 0.3 is 0 Å². The number of aromatic nitrogens is 4. The summed E-state index contributed by atoms with van der Waals surface area (Å²) < 4.78 is 13.5. The number of fused-ring (bicyclic) bond motifs is 3. The second kappa shape index (κ2) is 6.65. The molecule has 0 saturated carbocycles. The van der Waals surface area contributed by atoms with Gasteiger partial charge in [0.05, 0.1) is 36.6 Å². The van der Waals surface area contributed by atoms with E-state index in [4.69, 9.17) is 14.5 Å². The Bertz CT molecular complexity index is 1070. The molecule has 2 aliphatic heterocycles. The lowest BCUT2D eigenvalue weighted by atomic mass is 9.99. The number of rotatable bonds is 4. The van der Waals surface area contributed by atoms with Gasteiger partial charge in [0, 0.05) is 24.5 Å². The van der Waals surface area contributed by atoms with Crippen LogP contribution in [0.25, 0.3) is 5.69 Å². The van der Waals surface area contributed by atoms with E-state index in [0.717, 1.165) is 53.8 Å². The summed E-state index contributed by atoms with van der Waals surface area (Å²) in [6, 6.07) is 5.90. The molecule has 0 amide bonds. The summed E-state index contributed by atoms with van der Waals surface area (Å²) in [4.78, 5) is 15.8. The summed E-state index contributed by atoms with van der Waals surface area (Å²) in [6.07, 6.45) is 7.76. The van der Waals surface area contributed by atoms with Gasteiger partial charge in [0.15, 0.2) is 11.6 Å². The Morgan fingerprint density at radius 3 is 2.97 bits per heavy atom. The van der Waals surface area contributed by atoms with Crippen molar-refractivity contribution in [2.75, 3.05) is 30.5 Å². The molecule has 4 heterocycles. The number of nitrogens with one attached hydrogen (secondary N) is 1. The molecule has 2 aliphatic rings. The predicted molar refractivity (Wildman–Crippen MR) is 111 cm³/mol. The van der Waals surface area contributed by atoms with E-state index < -0.39 is 0 Å². The van der Waals surface area contributed by atoms with Gasteiger partial charge in [-0.1, -0.05) is 0 Å². The van der Waals surface area contributed by atoms with Crippen LogP contribution in [0.1, 0.15) is 25.5 Å². The first-order valence-corrected chi connectivity index (χ1v) is 9.79. The zero-order valence-corrected chi connectivity index (χ0v) is 16.8. The molecule has 0 spiro atoms. The van der Waals surface area contributed by atoms with Crippen molar-refractivity contribution in [3.63, 3.8) is 0 Å². The maximum Gasteiger partial charge on any atom is 0.229 e. The van der Waals surface area contributed by atoms with E-state index in [1.807, 2.05) is 35.9 Å². The van der Waals surface area contributed by atoms with Gasteiger partial charge in [0.2, 0.25) is 5.95 Å². The second-order valence-electron chi connectivity index (χ2n) is 7.86. The number of imidazole rings is 1. The molecule has 2 aromatic heterocycles. The lowest BCUT2D eigenvalue weighted by molar-refractivity contribution is 0.210. The van der Waals surface area contributed by atoms with E-state index in [1.54, 1.807) is 19.6 Å². The van der Waals surface area contributed by atoms with E-state index in [0.29, 0.717) is 12.6 Å². The Morgan fingerprint density at radius 2 is 2.17 bits per heavy atom. The molecule has 8 heteroatoms. The molecule has 1 saturated heterocycles. The molecule has 3 aromatic rings. The highest BCUT2D eigenvalue weighted by Gasteiger charge is 2.43. The van der Waals surface area contributed by atoms with Crippen LogP contribution in [-0.2, 0) is 0 Å². The number of benzene rings is 1. The average Bonchev–Trinajstić information content (AvgIpc) is 3.33. The molecular weight excluding hydrogens is 368 g/mol. The fourth-order valence-electron chi connectivity index (χ4n) is 4.14. The molecule has 29 heavy (non-hydrogen) atoms. The number of nitrogens with zero attached hydrogens (tertiary/aromatic N) is 5. The van der Waals surface area contributed by atoms with Gasteiger partial charge in [0.25, 0.3) is 0 Å². The van der Waals surface area contributed by atoms with E-state index in [2.05, 4.69) is 27.1 Å². The SMILES string of the molecule is COc1cc(Nc2ncc3c(n2)N2CCC[C@]2(C)CO3)ccc1-n1cnc(C)c1. The summed E-state index contributed by atoms with van der Waals surface area (Å²) in [7, 11) is 1.66. The van der Waals surface area contributed by atoms with Crippen LogP contribution in [0.5, 0.6) is 11.5 Å². The number of hydrogen-bond acceptors (Lipinski definition) is 7. The van der Waals surface area contributed by atoms with Crippen molar-refractivity contribution in [1.82, 2.24) is 19.5 Å². The molecule has 150 valence electrons. The van der Waals surface area contributed by atoms with Crippen LogP contribution in [0.2, 0.25) is 0 Å². The van der Waals surface area contributed by atoms with Crippen LogP contribution >= 0.6 is 0 Å². The lowest BCUT2D eigenvalue weighted by Gasteiger charge is -2.40. The largest absolute Gasteiger partial charge is 0.494 e. The zero-order valence-electron chi connectivity index (χ0n) is 16.8. The molecule has 0 bridgehead atoms. The standard InChI is InChI=1S/C21H24N6O2/c1-14-11-26(13-23-14)16-6-5-15(9-17(16)28-3)24-20-22-10-18-19(25-20)27-8-4-7-21(27,2)12-29-18/h5-6,9-11,13H,4,7-8,12H2,1-3H3,(H,22,24,25)/t21-/m1/s1. The van der Waals surface area contributed by atoms with Gasteiger partial charge in [-0.2, -0.15) is 4.98 Å². The Labute approximate surface area is 169 Å². The molecule has 1 atom stereocenters. The third kappa shape index (κ3) is 3.04. The second-order valence-corrected chi connectivity index (χ2v) is 7.86. The van der Waals surface area contributed by atoms with E-state index in [1.165, 1.54) is 0 Å². The number of aryl methyl sites for hydroxylation is 1. The van der Waals surface area contributed by atoms with Gasteiger partial charge in [-0.3, -0.25) is 0 Å². The molecule has 5 rings (SSSR count). The first kappa shape index (κ1) is 17.8. The summed E-state index contributed by atoms with van der Waals surface area (Å²) in [5.41, 5.74) is 2.74. The molecular formula is C21H24N6O2. The topological polar surface area (TPSA) is 77.3 Å². The van der Waals surface area contributed by atoms with Crippen molar-refractivity contribution in [3.05, 3.63) is 42.6 Å². The van der Waals surface area contributed by atoms with Crippen molar-refractivity contribution in [1.29, 1.82) is 0 Å². The number of ether oxygens (including phenoxy) is 2. The van der Waals surface area contributed by atoms with E-state index in [-0.39, 0.29) is 5.54 Å². The summed E-state index contributed by atoms with van der Waals surface area (Å²) in [5.74, 6) is 2.89. The highest BCUT2D eigenvalue weighted by molar-refractivity contribution is 5.65. The molecule has 8 nitrogen and oxygen atoms in total. The van der Waals surface area contributed by atoms with Crippen LogP contribution in [0, 0.1) is 6.92 Å². The summed E-state index contributed by atoms with van der Waals surface area (Å²) in [5, 5.41) is 3.30. The molecule has 1 aromatic carbocycles. The third-order valence-corrected chi connectivity index (χ3v) is 5.71. The minimum atomic E-state index is 0.0203. The quantitative estimate of drug-likeness (QED) is 0.728. The van der Waals surface area contributed by atoms with Crippen LogP contribution < -0.4 is 19.7 Å². The van der Waals surface area contributed by atoms with Crippen molar-refractivity contribution in [2.45, 2.75) is 32.2 Å². The zero-order chi connectivity index (χ0) is 20.0. The Balaban J connectivity index is 1.44. The number of anilines is 3. The first-order chi connectivity index (χ1) is 14.1. The van der Waals surface area contributed by atoms with Gasteiger partial charge in [-0.25, -0.2) is 9.97 Å². The van der Waals surface area contributed by atoms with Crippen molar-refractivity contribution in [2.24, 2.45) is 0 Å². The number of hydrogen-bond donors (Lipinski definition) is 1. The third-order valence-electron chi connectivity index (χ3n) is 5.71.